The van der Waals surface area contributed by atoms with E-state index in [1.165, 1.54) is 36.8 Å². The van der Waals surface area contributed by atoms with Crippen molar-refractivity contribution in [3.8, 4) is 22.5 Å². The van der Waals surface area contributed by atoms with Crippen LogP contribution >= 0.6 is 0 Å². The Hall–Kier alpha value is -4.03. The third-order valence-corrected chi connectivity index (χ3v) is 9.02. The number of rotatable bonds is 14. The molecule has 1 fully saturated rings. The van der Waals surface area contributed by atoms with Gasteiger partial charge >= 0.3 is 0 Å². The predicted octanol–water partition coefficient (Wildman–Crippen LogP) is 9.40. The topological polar surface area (TPSA) is 39.5 Å². The van der Waals surface area contributed by atoms with Gasteiger partial charge in [0.1, 0.15) is 0 Å². The monoisotopic (exact) mass is 613 g/mol. The summed E-state index contributed by atoms with van der Waals surface area (Å²) in [4.78, 5) is 7.69. The van der Waals surface area contributed by atoms with Gasteiger partial charge in [-0.15, -0.1) is 0 Å². The normalized spacial score (nSPS) is 18.2. The third-order valence-electron chi connectivity index (χ3n) is 9.02. The summed E-state index contributed by atoms with van der Waals surface area (Å²) in [5.74, 6) is 0.822. The SMILES string of the molecule is CN(CCCCCC[C@]1(C)CO[C@H](c2nc(-c3ccccc3)c(-c3ccccc3)n2Cc2ccccc2)OC1)Cc1ccccc1. The molecule has 0 spiro atoms. The molecule has 1 aliphatic rings. The van der Waals surface area contributed by atoms with Crippen molar-refractivity contribution >= 4 is 0 Å². The maximum Gasteiger partial charge on any atom is 0.217 e. The first-order valence-electron chi connectivity index (χ1n) is 16.8. The standard InChI is InChI=1S/C41H47N3O2/c1-41(27-17-3-4-18-28-43(2)29-33-19-9-5-10-20-33)31-45-40(46-32-41)39-42-37(35-23-13-7-14-24-35)38(36-25-15-8-16-26-36)44(39)30-34-21-11-6-12-22-34/h5-16,19-26,40H,3-4,17-18,27-32H2,1-2H3/t40-,41+. The van der Waals surface area contributed by atoms with Crippen LogP contribution in [0.2, 0.25) is 0 Å². The Morgan fingerprint density at radius 2 is 1.24 bits per heavy atom. The summed E-state index contributed by atoms with van der Waals surface area (Å²) >= 11 is 0. The van der Waals surface area contributed by atoms with Crippen LogP contribution in [0, 0.1) is 5.41 Å². The summed E-state index contributed by atoms with van der Waals surface area (Å²) in [6.45, 7) is 6.46. The Kier molecular flexibility index (Phi) is 10.8. The first-order chi connectivity index (χ1) is 22.6. The highest BCUT2D eigenvalue weighted by molar-refractivity contribution is 5.79. The van der Waals surface area contributed by atoms with Crippen LogP contribution in [0.3, 0.4) is 0 Å². The lowest BCUT2D eigenvalue weighted by atomic mass is 9.85. The molecular weight excluding hydrogens is 566 g/mol. The van der Waals surface area contributed by atoms with E-state index in [2.05, 4.69) is 139 Å². The summed E-state index contributed by atoms with van der Waals surface area (Å²) < 4.78 is 15.4. The number of hydrogen-bond donors (Lipinski definition) is 0. The second kappa shape index (κ2) is 15.5. The second-order valence-electron chi connectivity index (χ2n) is 13.1. The van der Waals surface area contributed by atoms with Gasteiger partial charge in [-0.25, -0.2) is 4.98 Å². The van der Waals surface area contributed by atoms with Crippen molar-refractivity contribution in [2.45, 2.75) is 58.4 Å². The van der Waals surface area contributed by atoms with E-state index in [4.69, 9.17) is 14.5 Å². The molecule has 0 amide bonds. The molecule has 0 saturated carbocycles. The van der Waals surface area contributed by atoms with Gasteiger partial charge in [-0.1, -0.05) is 148 Å². The molecule has 0 radical (unpaired) electrons. The predicted molar refractivity (Wildman–Crippen MR) is 187 cm³/mol. The average molecular weight is 614 g/mol. The van der Waals surface area contributed by atoms with Crippen molar-refractivity contribution in [2.75, 3.05) is 26.8 Å². The Morgan fingerprint density at radius 3 is 1.87 bits per heavy atom. The summed E-state index contributed by atoms with van der Waals surface area (Å²) in [7, 11) is 2.22. The van der Waals surface area contributed by atoms with Gasteiger partial charge in [0.25, 0.3) is 0 Å². The molecule has 5 aromatic rings. The third kappa shape index (κ3) is 8.21. The minimum absolute atomic E-state index is 0.00196. The molecule has 0 N–H and O–H groups in total. The van der Waals surface area contributed by atoms with E-state index >= 15 is 0 Å². The van der Waals surface area contributed by atoms with Crippen LogP contribution in [0.15, 0.2) is 121 Å². The van der Waals surface area contributed by atoms with Crippen LogP contribution in [-0.4, -0.2) is 41.3 Å². The van der Waals surface area contributed by atoms with Crippen LogP contribution < -0.4 is 0 Å². The lowest BCUT2D eigenvalue weighted by Gasteiger charge is -2.37. The lowest BCUT2D eigenvalue weighted by molar-refractivity contribution is -0.236. The fourth-order valence-electron chi connectivity index (χ4n) is 6.46. The first-order valence-corrected chi connectivity index (χ1v) is 16.8. The summed E-state index contributed by atoms with van der Waals surface area (Å²) in [5, 5.41) is 0. The highest BCUT2D eigenvalue weighted by atomic mass is 16.7. The van der Waals surface area contributed by atoms with Gasteiger partial charge in [0.05, 0.1) is 24.6 Å². The molecule has 0 aliphatic carbocycles. The van der Waals surface area contributed by atoms with Crippen LogP contribution in [0.4, 0.5) is 0 Å². The van der Waals surface area contributed by atoms with E-state index in [1.54, 1.807) is 0 Å². The molecule has 1 aliphatic heterocycles. The zero-order valence-corrected chi connectivity index (χ0v) is 27.4. The molecular formula is C41H47N3O2. The zero-order chi connectivity index (χ0) is 31.6. The van der Waals surface area contributed by atoms with E-state index in [1.807, 2.05) is 6.07 Å². The quantitative estimate of drug-likeness (QED) is 0.117. The molecule has 6 rings (SSSR count). The number of aromatic nitrogens is 2. The smallest absolute Gasteiger partial charge is 0.217 e. The molecule has 1 aromatic heterocycles. The maximum absolute atomic E-state index is 6.55. The van der Waals surface area contributed by atoms with Gasteiger partial charge < -0.3 is 18.9 Å². The van der Waals surface area contributed by atoms with E-state index in [0.717, 1.165) is 47.8 Å². The number of ether oxygens (including phenoxy) is 2. The molecule has 5 nitrogen and oxygen atoms in total. The van der Waals surface area contributed by atoms with Crippen molar-refractivity contribution in [1.82, 2.24) is 14.5 Å². The van der Waals surface area contributed by atoms with E-state index < -0.39 is 6.29 Å². The fraction of sp³-hybridized carbons (Fsp3) is 0.341. The van der Waals surface area contributed by atoms with E-state index in [9.17, 15) is 0 Å². The Balaban J connectivity index is 1.11. The average Bonchev–Trinajstić information content (AvgIpc) is 3.47. The summed E-state index contributed by atoms with van der Waals surface area (Å²) in [6, 6.07) is 42.3. The number of imidazole rings is 1. The molecule has 1 saturated heterocycles. The minimum Gasteiger partial charge on any atom is -0.345 e. The van der Waals surface area contributed by atoms with E-state index in [-0.39, 0.29) is 5.41 Å². The number of nitrogens with zero attached hydrogens (tertiary/aromatic N) is 3. The van der Waals surface area contributed by atoms with Crippen LogP contribution in [0.5, 0.6) is 0 Å². The lowest BCUT2D eigenvalue weighted by Crippen LogP contribution is -2.37. The van der Waals surface area contributed by atoms with Crippen molar-refractivity contribution in [3.63, 3.8) is 0 Å². The van der Waals surface area contributed by atoms with Crippen LogP contribution in [0.25, 0.3) is 22.5 Å². The minimum atomic E-state index is -0.517. The number of unbranched alkanes of at least 4 members (excludes halogenated alkanes) is 3. The highest BCUT2D eigenvalue weighted by Gasteiger charge is 2.36. The zero-order valence-electron chi connectivity index (χ0n) is 27.4. The van der Waals surface area contributed by atoms with Gasteiger partial charge in [-0.05, 0) is 37.6 Å². The molecule has 2 heterocycles. The van der Waals surface area contributed by atoms with Crippen LogP contribution in [0.1, 0.15) is 62.3 Å². The second-order valence-corrected chi connectivity index (χ2v) is 13.1. The maximum atomic E-state index is 6.55. The number of benzene rings is 4. The molecule has 0 bridgehead atoms. The van der Waals surface area contributed by atoms with Gasteiger partial charge in [0.2, 0.25) is 6.29 Å². The van der Waals surface area contributed by atoms with E-state index in [0.29, 0.717) is 19.8 Å². The van der Waals surface area contributed by atoms with Gasteiger partial charge in [-0.2, -0.15) is 0 Å². The molecule has 0 atom stereocenters. The molecule has 238 valence electrons. The molecule has 5 heteroatoms. The molecule has 0 unspecified atom stereocenters. The first kappa shape index (κ1) is 31.9. The largest absolute Gasteiger partial charge is 0.345 e. The molecule has 4 aromatic carbocycles. The highest BCUT2D eigenvalue weighted by Crippen LogP contribution is 2.40. The Labute approximate surface area is 274 Å². The van der Waals surface area contributed by atoms with Crippen molar-refractivity contribution in [3.05, 3.63) is 138 Å². The van der Waals surface area contributed by atoms with Gasteiger partial charge in [-0.3, -0.25) is 0 Å². The van der Waals surface area contributed by atoms with Crippen LogP contribution in [-0.2, 0) is 22.6 Å². The van der Waals surface area contributed by atoms with Gasteiger partial charge in [0, 0.05) is 29.6 Å². The summed E-state index contributed by atoms with van der Waals surface area (Å²) in [5.41, 5.74) is 6.84. The summed E-state index contributed by atoms with van der Waals surface area (Å²) in [6.07, 6.45) is 5.49. The fourth-order valence-corrected chi connectivity index (χ4v) is 6.46. The number of hydrogen-bond acceptors (Lipinski definition) is 4. The van der Waals surface area contributed by atoms with Gasteiger partial charge in [0.15, 0.2) is 5.82 Å². The Bertz CT molecular complexity index is 1610. The Morgan fingerprint density at radius 1 is 0.696 bits per heavy atom. The van der Waals surface area contributed by atoms with Crippen molar-refractivity contribution in [2.24, 2.45) is 5.41 Å². The van der Waals surface area contributed by atoms with Crippen molar-refractivity contribution in [1.29, 1.82) is 0 Å². The molecule has 46 heavy (non-hydrogen) atoms. The van der Waals surface area contributed by atoms with Crippen molar-refractivity contribution < 1.29 is 9.47 Å².